The van der Waals surface area contributed by atoms with Crippen LogP contribution in [0.4, 0.5) is 11.6 Å². The van der Waals surface area contributed by atoms with Crippen LogP contribution in [0.15, 0.2) is 108 Å². The molecule has 0 unspecified atom stereocenters. The van der Waals surface area contributed by atoms with Gasteiger partial charge in [0.1, 0.15) is 0 Å². The third-order valence-corrected chi connectivity index (χ3v) is 7.46. The maximum atomic E-state index is 13.2. The molecule has 3 aromatic heterocycles. The lowest BCUT2D eigenvalue weighted by Gasteiger charge is -2.17. The fraction of sp³-hybridized carbons (Fsp3) is 0.0667. The Morgan fingerprint density at radius 1 is 0.974 bits per heavy atom. The number of hydrogen-bond donors (Lipinski definition) is 1. The zero-order chi connectivity index (χ0) is 26.8. The molecular formula is C30H23N5O3S. The summed E-state index contributed by atoms with van der Waals surface area (Å²) in [5, 5.41) is 2.99. The molecule has 9 heteroatoms. The Morgan fingerprint density at radius 3 is 2.49 bits per heavy atom. The number of rotatable bonds is 7. The van der Waals surface area contributed by atoms with Gasteiger partial charge in [0.05, 0.1) is 33.5 Å². The molecule has 2 amide bonds. The molecule has 0 bridgehead atoms. The van der Waals surface area contributed by atoms with Gasteiger partial charge in [-0.05, 0) is 48.0 Å². The van der Waals surface area contributed by atoms with E-state index in [1.165, 1.54) is 17.7 Å². The minimum atomic E-state index is -0.271. The SMILES string of the molecule is CN(C(=O)c1ccccc1)c1ccc2c(c1)nc(NC(=O)c1ccc(-c3cnco3)s1)n2Cc1ccccc1. The summed E-state index contributed by atoms with van der Waals surface area (Å²) in [5.41, 5.74) is 3.88. The molecule has 192 valence electrons. The first-order chi connectivity index (χ1) is 19.1. The average molecular weight is 534 g/mol. The first kappa shape index (κ1) is 24.3. The standard InChI is InChI=1S/C30H23N5O3S/c1-34(29(37)21-10-6-3-7-11-21)22-12-13-24-23(16-22)32-30(35(24)18-20-8-4-2-5-9-20)33-28(36)27-15-14-26(39-27)25-17-31-19-38-25/h2-17,19H,18H2,1H3,(H,32,33,36). The summed E-state index contributed by atoms with van der Waals surface area (Å²) in [7, 11) is 1.74. The molecule has 3 heterocycles. The Hall–Kier alpha value is -5.02. The number of imidazole rings is 1. The smallest absolute Gasteiger partial charge is 0.268 e. The molecule has 6 rings (SSSR count). The van der Waals surface area contributed by atoms with Crippen molar-refractivity contribution in [2.24, 2.45) is 0 Å². The molecule has 1 N–H and O–H groups in total. The molecule has 8 nitrogen and oxygen atoms in total. The molecule has 0 saturated carbocycles. The lowest BCUT2D eigenvalue weighted by Crippen LogP contribution is -2.26. The van der Waals surface area contributed by atoms with E-state index in [1.807, 2.05) is 77.4 Å². The van der Waals surface area contributed by atoms with Gasteiger partial charge in [-0.3, -0.25) is 14.9 Å². The van der Waals surface area contributed by atoms with Gasteiger partial charge >= 0.3 is 0 Å². The number of carbonyl (C=O) groups is 2. The van der Waals surface area contributed by atoms with Crippen molar-refractivity contribution in [1.29, 1.82) is 0 Å². The van der Waals surface area contributed by atoms with Crippen LogP contribution in [-0.4, -0.2) is 33.4 Å². The molecular weight excluding hydrogens is 510 g/mol. The fourth-order valence-electron chi connectivity index (χ4n) is 4.33. The molecule has 0 fully saturated rings. The van der Waals surface area contributed by atoms with Gasteiger partial charge < -0.3 is 13.9 Å². The molecule has 0 atom stereocenters. The van der Waals surface area contributed by atoms with Gasteiger partial charge in [-0.15, -0.1) is 11.3 Å². The van der Waals surface area contributed by atoms with Gasteiger partial charge in [-0.1, -0.05) is 48.5 Å². The number of thiophene rings is 1. The first-order valence-corrected chi connectivity index (χ1v) is 13.1. The van der Waals surface area contributed by atoms with Crippen LogP contribution in [0.25, 0.3) is 21.7 Å². The quantitative estimate of drug-likeness (QED) is 0.259. The predicted molar refractivity (Wildman–Crippen MR) is 152 cm³/mol. The molecule has 3 aromatic carbocycles. The highest BCUT2D eigenvalue weighted by Crippen LogP contribution is 2.30. The lowest BCUT2D eigenvalue weighted by molar-refractivity contribution is 0.0991. The minimum Gasteiger partial charge on any atom is -0.443 e. The molecule has 39 heavy (non-hydrogen) atoms. The lowest BCUT2D eigenvalue weighted by atomic mass is 10.2. The summed E-state index contributed by atoms with van der Waals surface area (Å²) in [6, 6.07) is 28.4. The molecule has 0 aliphatic carbocycles. The molecule has 0 radical (unpaired) electrons. The van der Waals surface area contributed by atoms with E-state index in [2.05, 4.69) is 10.3 Å². The van der Waals surface area contributed by atoms with Crippen molar-refractivity contribution < 1.29 is 14.0 Å². The summed E-state index contributed by atoms with van der Waals surface area (Å²) in [5.74, 6) is 0.638. The minimum absolute atomic E-state index is 0.118. The second-order valence-electron chi connectivity index (χ2n) is 8.89. The van der Waals surface area contributed by atoms with Crippen molar-refractivity contribution in [3.05, 3.63) is 120 Å². The van der Waals surface area contributed by atoms with Gasteiger partial charge in [0.2, 0.25) is 5.95 Å². The summed E-state index contributed by atoms with van der Waals surface area (Å²) < 4.78 is 7.32. The van der Waals surface area contributed by atoms with Gasteiger partial charge in [0, 0.05) is 18.3 Å². The number of nitrogens with zero attached hydrogens (tertiary/aromatic N) is 4. The Kier molecular flexibility index (Phi) is 6.48. The molecule has 0 aliphatic heterocycles. The van der Waals surface area contributed by atoms with Crippen LogP contribution in [0.3, 0.4) is 0 Å². The zero-order valence-corrected chi connectivity index (χ0v) is 21.8. The Morgan fingerprint density at radius 2 is 1.74 bits per heavy atom. The highest BCUT2D eigenvalue weighted by molar-refractivity contribution is 7.17. The summed E-state index contributed by atoms with van der Waals surface area (Å²) >= 11 is 1.32. The van der Waals surface area contributed by atoms with Crippen molar-refractivity contribution in [1.82, 2.24) is 14.5 Å². The van der Waals surface area contributed by atoms with Crippen molar-refractivity contribution in [2.45, 2.75) is 6.54 Å². The van der Waals surface area contributed by atoms with E-state index < -0.39 is 0 Å². The Bertz CT molecular complexity index is 1760. The summed E-state index contributed by atoms with van der Waals surface area (Å²) in [4.78, 5) is 37.9. The van der Waals surface area contributed by atoms with E-state index in [0.717, 1.165) is 16.0 Å². The highest BCUT2D eigenvalue weighted by Gasteiger charge is 2.19. The maximum absolute atomic E-state index is 13.2. The van der Waals surface area contributed by atoms with E-state index in [9.17, 15) is 9.59 Å². The predicted octanol–water partition coefficient (Wildman–Crippen LogP) is 6.33. The number of hydrogen-bond acceptors (Lipinski definition) is 6. The summed E-state index contributed by atoms with van der Waals surface area (Å²) in [6.07, 6.45) is 2.98. The average Bonchev–Trinajstić information content (AvgIpc) is 3.74. The number of anilines is 2. The van der Waals surface area contributed by atoms with Gasteiger partial charge in [-0.25, -0.2) is 9.97 Å². The topological polar surface area (TPSA) is 93.3 Å². The molecule has 6 aromatic rings. The second kappa shape index (κ2) is 10.4. The van der Waals surface area contributed by atoms with Gasteiger partial charge in [0.25, 0.3) is 11.8 Å². The van der Waals surface area contributed by atoms with Crippen LogP contribution in [0, 0.1) is 0 Å². The number of oxazole rings is 1. The zero-order valence-electron chi connectivity index (χ0n) is 20.9. The number of aromatic nitrogens is 3. The fourth-order valence-corrected chi connectivity index (χ4v) is 5.19. The highest BCUT2D eigenvalue weighted by atomic mass is 32.1. The normalized spacial score (nSPS) is 11.0. The maximum Gasteiger partial charge on any atom is 0.268 e. The largest absolute Gasteiger partial charge is 0.443 e. The first-order valence-electron chi connectivity index (χ1n) is 12.2. The van der Waals surface area contributed by atoms with Crippen LogP contribution >= 0.6 is 11.3 Å². The number of nitrogens with one attached hydrogen (secondary N) is 1. The van der Waals surface area contributed by atoms with Gasteiger partial charge in [-0.2, -0.15) is 0 Å². The van der Waals surface area contributed by atoms with Crippen LogP contribution in [0.1, 0.15) is 25.6 Å². The third kappa shape index (κ3) is 4.95. The second-order valence-corrected chi connectivity index (χ2v) is 9.98. The van der Waals surface area contributed by atoms with Crippen molar-refractivity contribution >= 4 is 45.8 Å². The van der Waals surface area contributed by atoms with E-state index in [4.69, 9.17) is 9.40 Å². The van der Waals surface area contributed by atoms with Crippen molar-refractivity contribution in [2.75, 3.05) is 17.3 Å². The van der Waals surface area contributed by atoms with Crippen LogP contribution in [0.5, 0.6) is 0 Å². The Balaban J connectivity index is 1.34. The number of amides is 2. The monoisotopic (exact) mass is 533 g/mol. The number of fused-ring (bicyclic) bond motifs is 1. The van der Waals surface area contributed by atoms with E-state index >= 15 is 0 Å². The van der Waals surface area contributed by atoms with E-state index in [1.54, 1.807) is 36.3 Å². The van der Waals surface area contributed by atoms with E-state index in [-0.39, 0.29) is 11.8 Å². The van der Waals surface area contributed by atoms with Gasteiger partial charge in [0.15, 0.2) is 12.2 Å². The van der Waals surface area contributed by atoms with Crippen LogP contribution in [0.2, 0.25) is 0 Å². The third-order valence-electron chi connectivity index (χ3n) is 6.36. The number of benzene rings is 3. The molecule has 0 spiro atoms. The molecule has 0 aliphatic rings. The van der Waals surface area contributed by atoms with E-state index in [0.29, 0.717) is 39.9 Å². The number of carbonyl (C=O) groups excluding carboxylic acids is 2. The van der Waals surface area contributed by atoms with Crippen molar-refractivity contribution in [3.8, 4) is 10.6 Å². The summed E-state index contributed by atoms with van der Waals surface area (Å²) in [6.45, 7) is 0.513. The van der Waals surface area contributed by atoms with Crippen molar-refractivity contribution in [3.63, 3.8) is 0 Å². The van der Waals surface area contributed by atoms with Crippen LogP contribution in [-0.2, 0) is 6.54 Å². The Labute approximate surface area is 228 Å². The molecule has 0 saturated heterocycles. The van der Waals surface area contributed by atoms with Crippen LogP contribution < -0.4 is 10.2 Å².